The highest BCUT2D eigenvalue weighted by Crippen LogP contribution is 2.41. The predicted molar refractivity (Wildman–Crippen MR) is 123 cm³/mol. The van der Waals surface area contributed by atoms with Gasteiger partial charge in [-0.1, -0.05) is 12.1 Å². The predicted octanol–water partition coefficient (Wildman–Crippen LogP) is 4.00. The zero-order chi connectivity index (χ0) is 23.9. The Morgan fingerprint density at radius 1 is 1.09 bits per heavy atom. The second kappa shape index (κ2) is 8.48. The normalized spacial score (nSPS) is 16.9. The third kappa shape index (κ3) is 4.09. The first-order valence-electron chi connectivity index (χ1n) is 11.1. The van der Waals surface area contributed by atoms with Gasteiger partial charge >= 0.3 is 0 Å². The van der Waals surface area contributed by atoms with Crippen molar-refractivity contribution in [1.29, 1.82) is 0 Å². The molecule has 1 N–H and O–H groups in total. The van der Waals surface area contributed by atoms with Crippen molar-refractivity contribution < 1.29 is 18.4 Å². The van der Waals surface area contributed by atoms with E-state index in [0.717, 1.165) is 42.4 Å². The molecule has 0 radical (unpaired) electrons. The fraction of sp³-hybridized carbons (Fsp3) is 0.280. The summed E-state index contributed by atoms with van der Waals surface area (Å²) in [4.78, 5) is 36.7. The van der Waals surface area contributed by atoms with Crippen molar-refractivity contribution in [2.24, 2.45) is 4.99 Å². The highest BCUT2D eigenvalue weighted by molar-refractivity contribution is 6.47. The molecule has 1 fully saturated rings. The molecule has 3 aromatic rings. The number of imidazole rings is 1. The van der Waals surface area contributed by atoms with Crippen LogP contribution in [-0.4, -0.2) is 44.2 Å². The van der Waals surface area contributed by atoms with Crippen molar-refractivity contribution in [3.8, 4) is 5.69 Å². The average molecular weight is 463 g/mol. The van der Waals surface area contributed by atoms with E-state index in [9.17, 15) is 18.4 Å². The molecule has 9 heteroatoms. The summed E-state index contributed by atoms with van der Waals surface area (Å²) in [5, 5.41) is 2.49. The Kier molecular flexibility index (Phi) is 5.47. The van der Waals surface area contributed by atoms with E-state index in [1.807, 2.05) is 42.0 Å². The third-order valence-electron chi connectivity index (χ3n) is 6.27. The number of aromatic nitrogens is 2. The lowest BCUT2D eigenvalue weighted by atomic mass is 10.1. The number of halogens is 2. The lowest BCUT2D eigenvalue weighted by Crippen LogP contribution is -2.48. The molecule has 5 rings (SSSR count). The van der Waals surface area contributed by atoms with E-state index in [1.165, 1.54) is 4.90 Å². The summed E-state index contributed by atoms with van der Waals surface area (Å²) in [5.41, 5.74) is 2.03. The Balaban J connectivity index is 1.37. The highest BCUT2D eigenvalue weighted by atomic mass is 19.1. The fourth-order valence-electron chi connectivity index (χ4n) is 4.69. The summed E-state index contributed by atoms with van der Waals surface area (Å²) in [7, 11) is 0. The van der Waals surface area contributed by atoms with Gasteiger partial charge in [0.15, 0.2) is 0 Å². The van der Waals surface area contributed by atoms with Gasteiger partial charge in [-0.3, -0.25) is 14.6 Å². The zero-order valence-corrected chi connectivity index (χ0v) is 18.6. The van der Waals surface area contributed by atoms with E-state index in [1.54, 1.807) is 6.33 Å². The first kappa shape index (κ1) is 21.9. The van der Waals surface area contributed by atoms with Crippen LogP contribution in [0.4, 0.5) is 14.5 Å². The largest absolute Gasteiger partial charge is 0.324 e. The molecular formula is C25H23F2N5O2. The summed E-state index contributed by atoms with van der Waals surface area (Å²) in [5.74, 6) is -2.44. The summed E-state index contributed by atoms with van der Waals surface area (Å²) in [6, 6.07) is 10.2. The number of rotatable bonds is 5. The number of carbonyl (C=O) groups is 2. The lowest BCUT2D eigenvalue weighted by Gasteiger charge is -2.32. The van der Waals surface area contributed by atoms with Gasteiger partial charge in [-0.25, -0.2) is 13.8 Å². The third-order valence-corrected chi connectivity index (χ3v) is 6.27. The van der Waals surface area contributed by atoms with Crippen LogP contribution in [-0.2, 0) is 9.59 Å². The van der Waals surface area contributed by atoms with Gasteiger partial charge in [-0.15, -0.1) is 0 Å². The van der Waals surface area contributed by atoms with E-state index in [4.69, 9.17) is 4.99 Å². The minimum Gasteiger partial charge on any atom is -0.324 e. The summed E-state index contributed by atoms with van der Waals surface area (Å²) in [6.45, 7) is 1.66. The molecule has 2 amide bonds. The number of hydrogen-bond acceptors (Lipinski definition) is 4. The summed E-state index contributed by atoms with van der Waals surface area (Å²) >= 11 is 0. The Morgan fingerprint density at radius 2 is 1.76 bits per heavy atom. The van der Waals surface area contributed by atoms with Crippen molar-refractivity contribution >= 4 is 23.2 Å². The molecule has 7 nitrogen and oxygen atoms in total. The molecule has 1 aliphatic carbocycles. The molecule has 0 unspecified atom stereocenters. The molecule has 0 atom stereocenters. The molecule has 0 bridgehead atoms. The molecule has 1 spiro atoms. The number of aryl methyl sites for hydroxylation is 1. The molecular weight excluding hydrogens is 440 g/mol. The summed E-state index contributed by atoms with van der Waals surface area (Å²) in [6.07, 6.45) is 6.76. The highest BCUT2D eigenvalue weighted by Gasteiger charge is 2.49. The van der Waals surface area contributed by atoms with Crippen LogP contribution in [0.2, 0.25) is 0 Å². The Labute approximate surface area is 195 Å². The van der Waals surface area contributed by atoms with Gasteiger partial charge in [0.25, 0.3) is 5.91 Å². The van der Waals surface area contributed by atoms with Gasteiger partial charge < -0.3 is 14.8 Å². The number of nitrogens with one attached hydrogen (secondary N) is 1. The second-order valence-electron chi connectivity index (χ2n) is 8.72. The quantitative estimate of drug-likeness (QED) is 0.621. The standard InChI is InChI=1S/C25H23F2N5O2/c1-16-13-31(15-28-16)21-6-4-17(5-7-21)23-24(34)32(25(30-23)8-2-3-9-25)14-22(33)29-20-11-18(26)10-19(27)12-20/h4-7,10-13,15H,2-3,8-9,14H2,1H3,(H,29,33). The van der Waals surface area contributed by atoms with Gasteiger partial charge in [-0.2, -0.15) is 0 Å². The van der Waals surface area contributed by atoms with E-state index < -0.39 is 23.2 Å². The van der Waals surface area contributed by atoms with Gasteiger partial charge in [0, 0.05) is 29.2 Å². The van der Waals surface area contributed by atoms with Crippen LogP contribution in [0.5, 0.6) is 0 Å². The molecule has 2 heterocycles. The minimum atomic E-state index is -0.792. The monoisotopic (exact) mass is 463 g/mol. The van der Waals surface area contributed by atoms with Crippen LogP contribution in [0.25, 0.3) is 5.69 Å². The molecule has 1 aliphatic heterocycles. The fourth-order valence-corrected chi connectivity index (χ4v) is 4.69. The molecule has 0 saturated heterocycles. The Bertz CT molecular complexity index is 1270. The second-order valence-corrected chi connectivity index (χ2v) is 8.72. The first-order valence-corrected chi connectivity index (χ1v) is 11.1. The number of anilines is 1. The first-order chi connectivity index (χ1) is 16.3. The smallest absolute Gasteiger partial charge is 0.275 e. The Morgan fingerprint density at radius 3 is 2.38 bits per heavy atom. The number of hydrogen-bond donors (Lipinski definition) is 1. The molecule has 2 aromatic carbocycles. The van der Waals surface area contributed by atoms with Crippen LogP contribution in [0, 0.1) is 18.6 Å². The van der Waals surface area contributed by atoms with Crippen molar-refractivity contribution in [3.63, 3.8) is 0 Å². The molecule has 2 aliphatic rings. The SMILES string of the molecule is Cc1cn(-c2ccc(C3=NC4(CCCC4)N(CC(=O)Nc4cc(F)cc(F)c4)C3=O)cc2)cn1. The van der Waals surface area contributed by atoms with Crippen molar-refractivity contribution in [2.45, 2.75) is 38.3 Å². The number of amides is 2. The molecule has 34 heavy (non-hydrogen) atoms. The van der Waals surface area contributed by atoms with E-state index in [0.29, 0.717) is 24.1 Å². The topological polar surface area (TPSA) is 79.6 Å². The van der Waals surface area contributed by atoms with Crippen molar-refractivity contribution in [2.75, 3.05) is 11.9 Å². The van der Waals surface area contributed by atoms with Gasteiger partial charge in [-0.05, 0) is 56.9 Å². The van der Waals surface area contributed by atoms with Crippen LogP contribution < -0.4 is 5.32 Å². The number of nitrogens with zero attached hydrogens (tertiary/aromatic N) is 4. The van der Waals surface area contributed by atoms with E-state index >= 15 is 0 Å². The molecule has 174 valence electrons. The van der Waals surface area contributed by atoms with Gasteiger partial charge in [0.05, 0.1) is 12.0 Å². The number of aliphatic imine (C=N–C) groups is 1. The van der Waals surface area contributed by atoms with Crippen molar-refractivity contribution in [1.82, 2.24) is 14.5 Å². The van der Waals surface area contributed by atoms with Crippen LogP contribution in [0.15, 0.2) is 60.0 Å². The maximum Gasteiger partial charge on any atom is 0.275 e. The van der Waals surface area contributed by atoms with Gasteiger partial charge in [0.2, 0.25) is 5.91 Å². The maximum absolute atomic E-state index is 13.5. The molecule has 1 aromatic heterocycles. The number of benzene rings is 2. The molecule has 1 saturated carbocycles. The van der Waals surface area contributed by atoms with E-state index in [-0.39, 0.29) is 18.1 Å². The zero-order valence-electron chi connectivity index (χ0n) is 18.6. The van der Waals surface area contributed by atoms with Crippen LogP contribution >= 0.6 is 0 Å². The summed E-state index contributed by atoms with van der Waals surface area (Å²) < 4.78 is 28.9. The average Bonchev–Trinajstić information content (AvgIpc) is 3.50. The Hall–Kier alpha value is -3.88. The van der Waals surface area contributed by atoms with Gasteiger partial charge in [0.1, 0.15) is 29.6 Å². The van der Waals surface area contributed by atoms with Crippen LogP contribution in [0.1, 0.15) is 36.9 Å². The maximum atomic E-state index is 13.5. The van der Waals surface area contributed by atoms with E-state index in [2.05, 4.69) is 10.3 Å². The van der Waals surface area contributed by atoms with Crippen molar-refractivity contribution in [3.05, 3.63) is 77.9 Å². The number of carbonyl (C=O) groups excluding carboxylic acids is 2. The van der Waals surface area contributed by atoms with Crippen LogP contribution in [0.3, 0.4) is 0 Å². The minimum absolute atomic E-state index is 0.00101. The lowest BCUT2D eigenvalue weighted by molar-refractivity contribution is -0.132.